The number of aryl methyl sites for hydroxylation is 1. The molecule has 1 fully saturated rings. The molecule has 2 aliphatic rings. The lowest BCUT2D eigenvalue weighted by molar-refractivity contribution is 0.159. The van der Waals surface area contributed by atoms with Crippen LogP contribution in [-0.2, 0) is 17.6 Å². The third kappa shape index (κ3) is 4.69. The Balaban J connectivity index is 1.35. The Labute approximate surface area is 198 Å². The molecule has 0 bridgehead atoms. The number of amides is 2. The van der Waals surface area contributed by atoms with E-state index in [0.717, 1.165) is 55.8 Å². The number of anilines is 1. The first-order chi connectivity index (χ1) is 16.6. The van der Waals surface area contributed by atoms with Gasteiger partial charge in [-0.25, -0.2) is 13.9 Å². The molecular weight excluding hydrogens is 433 g/mol. The highest BCUT2D eigenvalue weighted by atomic mass is 19.1. The molecule has 2 amide bonds. The molecule has 8 heteroatoms. The third-order valence-electron chi connectivity index (χ3n) is 6.76. The number of halogens is 1. The summed E-state index contributed by atoms with van der Waals surface area (Å²) in [4.78, 5) is 15.6. The van der Waals surface area contributed by atoms with Gasteiger partial charge in [0.15, 0.2) is 0 Å². The van der Waals surface area contributed by atoms with Crippen LogP contribution in [0.15, 0.2) is 54.6 Å². The van der Waals surface area contributed by atoms with Crippen LogP contribution in [0.1, 0.15) is 29.2 Å². The molecule has 1 saturated heterocycles. The summed E-state index contributed by atoms with van der Waals surface area (Å²) in [5.41, 5.74) is 3.99. The molecular formula is C26H30FN5O2. The molecule has 2 heterocycles. The van der Waals surface area contributed by atoms with Crippen LogP contribution in [0.5, 0.6) is 0 Å². The summed E-state index contributed by atoms with van der Waals surface area (Å²) in [6, 6.07) is 16.2. The minimum Gasteiger partial charge on any atom is -0.383 e. The number of fused-ring (bicyclic) bond motifs is 1. The Morgan fingerprint density at radius 1 is 1.12 bits per heavy atom. The minimum atomic E-state index is -0.304. The van der Waals surface area contributed by atoms with E-state index in [2.05, 4.69) is 27.7 Å². The second-order valence-electron chi connectivity index (χ2n) is 8.99. The van der Waals surface area contributed by atoms with Gasteiger partial charge < -0.3 is 10.1 Å². The summed E-state index contributed by atoms with van der Waals surface area (Å²) in [6.07, 6.45) is 2.77. The number of rotatable bonds is 7. The number of carbonyl (C=O) groups excluding carboxylic acids is 1. The van der Waals surface area contributed by atoms with Crippen LogP contribution in [-0.4, -0.2) is 60.1 Å². The molecule has 0 radical (unpaired) electrons. The van der Waals surface area contributed by atoms with Crippen LogP contribution in [0.3, 0.4) is 0 Å². The molecule has 0 unspecified atom stereocenters. The molecule has 2 atom stereocenters. The number of carbonyl (C=O) groups is 1. The van der Waals surface area contributed by atoms with Gasteiger partial charge in [-0.15, -0.1) is 0 Å². The first-order valence-electron chi connectivity index (χ1n) is 11.8. The van der Waals surface area contributed by atoms with Crippen molar-refractivity contribution in [1.82, 2.24) is 20.0 Å². The van der Waals surface area contributed by atoms with Crippen molar-refractivity contribution in [1.29, 1.82) is 0 Å². The highest BCUT2D eigenvalue weighted by Crippen LogP contribution is 2.32. The molecule has 5 rings (SSSR count). The Morgan fingerprint density at radius 2 is 1.91 bits per heavy atom. The predicted molar refractivity (Wildman–Crippen MR) is 129 cm³/mol. The van der Waals surface area contributed by atoms with E-state index in [1.807, 2.05) is 18.2 Å². The van der Waals surface area contributed by atoms with Crippen molar-refractivity contribution in [3.63, 3.8) is 0 Å². The van der Waals surface area contributed by atoms with E-state index >= 15 is 0 Å². The first-order valence-corrected chi connectivity index (χ1v) is 11.8. The second kappa shape index (κ2) is 9.95. The van der Waals surface area contributed by atoms with Gasteiger partial charge in [-0.1, -0.05) is 30.3 Å². The van der Waals surface area contributed by atoms with E-state index in [1.54, 1.807) is 23.9 Å². The van der Waals surface area contributed by atoms with Crippen molar-refractivity contribution >= 4 is 11.8 Å². The largest absolute Gasteiger partial charge is 0.383 e. The number of methoxy groups -OCH3 is 1. The average molecular weight is 464 g/mol. The van der Waals surface area contributed by atoms with Crippen molar-refractivity contribution in [2.75, 3.05) is 38.7 Å². The maximum absolute atomic E-state index is 13.5. The van der Waals surface area contributed by atoms with E-state index in [-0.39, 0.29) is 23.8 Å². The van der Waals surface area contributed by atoms with Crippen molar-refractivity contribution < 1.29 is 13.9 Å². The zero-order chi connectivity index (χ0) is 23.5. The maximum Gasteiger partial charge on any atom is 0.320 e. The molecule has 2 N–H and O–H groups in total. The molecule has 1 aliphatic carbocycles. The van der Waals surface area contributed by atoms with E-state index in [9.17, 15) is 9.18 Å². The minimum absolute atomic E-state index is 0.0329. The zero-order valence-corrected chi connectivity index (χ0v) is 19.3. The molecule has 7 nitrogen and oxygen atoms in total. The highest BCUT2D eigenvalue weighted by Gasteiger charge is 2.35. The van der Waals surface area contributed by atoms with Gasteiger partial charge in [0.1, 0.15) is 11.6 Å². The van der Waals surface area contributed by atoms with Crippen molar-refractivity contribution in [3.8, 4) is 5.69 Å². The summed E-state index contributed by atoms with van der Waals surface area (Å²) < 4.78 is 20.4. The summed E-state index contributed by atoms with van der Waals surface area (Å²) in [5.74, 6) is 0.556. The Kier molecular flexibility index (Phi) is 6.60. The van der Waals surface area contributed by atoms with Crippen LogP contribution in [0.25, 0.3) is 5.69 Å². The topological polar surface area (TPSA) is 71.4 Å². The monoisotopic (exact) mass is 463 g/mol. The number of likely N-dealkylation sites (tertiary alicyclic amines) is 1. The summed E-state index contributed by atoms with van der Waals surface area (Å²) >= 11 is 0. The van der Waals surface area contributed by atoms with Crippen molar-refractivity contribution in [2.45, 2.75) is 31.2 Å². The number of nitrogens with one attached hydrogen (secondary N) is 2. The fourth-order valence-electron chi connectivity index (χ4n) is 5.07. The number of hydrogen-bond donors (Lipinski definition) is 2. The fourth-order valence-corrected chi connectivity index (χ4v) is 5.07. The lowest BCUT2D eigenvalue weighted by atomic mass is 9.94. The number of aromatic nitrogens is 2. The Hall–Kier alpha value is -3.23. The molecule has 1 aliphatic heterocycles. The van der Waals surface area contributed by atoms with Crippen LogP contribution in [0, 0.1) is 5.82 Å². The van der Waals surface area contributed by atoms with E-state index in [4.69, 9.17) is 9.84 Å². The molecule has 0 saturated carbocycles. The highest BCUT2D eigenvalue weighted by molar-refractivity contribution is 5.90. The predicted octanol–water partition coefficient (Wildman–Crippen LogP) is 3.74. The smallest absolute Gasteiger partial charge is 0.320 e. The van der Waals surface area contributed by atoms with Gasteiger partial charge in [-0.2, -0.15) is 5.10 Å². The van der Waals surface area contributed by atoms with Crippen LogP contribution >= 0.6 is 0 Å². The van der Waals surface area contributed by atoms with Gasteiger partial charge in [-0.05, 0) is 49.1 Å². The number of hydrogen-bond acceptors (Lipinski definition) is 4. The lowest BCUT2D eigenvalue weighted by Crippen LogP contribution is -2.42. The molecule has 178 valence electrons. The maximum atomic E-state index is 13.5. The molecule has 2 aromatic carbocycles. The second-order valence-corrected chi connectivity index (χ2v) is 8.99. The summed E-state index contributed by atoms with van der Waals surface area (Å²) in [6.45, 7) is 3.10. The zero-order valence-electron chi connectivity index (χ0n) is 19.3. The summed E-state index contributed by atoms with van der Waals surface area (Å²) in [5, 5.41) is 11.0. The van der Waals surface area contributed by atoms with Gasteiger partial charge in [0.2, 0.25) is 0 Å². The normalized spacial score (nSPS) is 19.8. The Bertz CT molecular complexity index is 1130. The van der Waals surface area contributed by atoms with E-state index < -0.39 is 0 Å². The number of benzene rings is 2. The molecule has 1 aromatic heterocycles. The van der Waals surface area contributed by atoms with Gasteiger partial charge in [-0.3, -0.25) is 10.2 Å². The van der Waals surface area contributed by atoms with Crippen LogP contribution in [0.4, 0.5) is 15.0 Å². The third-order valence-corrected chi connectivity index (χ3v) is 6.76. The number of nitrogens with zero attached hydrogens (tertiary/aromatic N) is 3. The number of ether oxygens (including phenoxy) is 1. The average Bonchev–Trinajstić information content (AvgIpc) is 3.55. The fraction of sp³-hybridized carbons (Fsp3) is 0.385. The van der Waals surface area contributed by atoms with Crippen molar-refractivity contribution in [2.24, 2.45) is 0 Å². The quantitative estimate of drug-likeness (QED) is 0.560. The van der Waals surface area contributed by atoms with Gasteiger partial charge in [0.25, 0.3) is 0 Å². The van der Waals surface area contributed by atoms with Gasteiger partial charge >= 0.3 is 6.03 Å². The van der Waals surface area contributed by atoms with Gasteiger partial charge in [0, 0.05) is 38.2 Å². The van der Waals surface area contributed by atoms with Crippen molar-refractivity contribution in [3.05, 3.63) is 77.2 Å². The van der Waals surface area contributed by atoms with E-state index in [0.29, 0.717) is 12.4 Å². The molecule has 3 aromatic rings. The standard InChI is InChI=1S/C26H30FN5O2/c1-34-15-14-31-16-22(18-6-3-2-4-7-18)24(17-31)28-26(33)29-25-21-8-5-9-23(21)30-32(25)20-12-10-19(27)11-13-20/h2-4,6-7,10-13,22,24H,5,8-9,14-17H2,1H3,(H2,28,29,33)/t22-,24+/m1/s1. The Morgan fingerprint density at radius 3 is 2.68 bits per heavy atom. The van der Waals surface area contributed by atoms with Crippen LogP contribution < -0.4 is 10.6 Å². The summed E-state index contributed by atoms with van der Waals surface area (Å²) in [7, 11) is 1.71. The molecule has 0 spiro atoms. The van der Waals surface area contributed by atoms with Crippen LogP contribution in [0.2, 0.25) is 0 Å². The SMILES string of the molecule is COCCN1C[C@H](NC(=O)Nc2c3c(nn2-c2ccc(F)cc2)CCC3)[C@@H](c2ccccc2)C1. The molecule has 34 heavy (non-hydrogen) atoms. The van der Waals surface area contributed by atoms with E-state index in [1.165, 1.54) is 17.7 Å². The van der Waals surface area contributed by atoms with Gasteiger partial charge in [0.05, 0.1) is 24.0 Å². The number of urea groups is 1. The first kappa shape index (κ1) is 22.6. The lowest BCUT2D eigenvalue weighted by Gasteiger charge is -2.21.